The normalized spacial score (nSPS) is 23.6. The fourth-order valence-corrected chi connectivity index (χ4v) is 5.14. The molecule has 0 unspecified atom stereocenters. The first kappa shape index (κ1) is 30.5. The van der Waals surface area contributed by atoms with Crippen LogP contribution in [0.5, 0.6) is 0 Å². The quantitative estimate of drug-likeness (QED) is 0.413. The van der Waals surface area contributed by atoms with E-state index in [4.69, 9.17) is 14.2 Å². The molecule has 39 heavy (non-hydrogen) atoms. The molecule has 2 aliphatic rings. The molecule has 2 fully saturated rings. The number of hydrogen-bond donors (Lipinski definition) is 3. The Hall–Kier alpha value is -3.01. The van der Waals surface area contributed by atoms with Gasteiger partial charge < -0.3 is 30.2 Å². The number of likely N-dealkylation sites (tertiary alicyclic amines) is 1. The maximum atomic E-state index is 12.3. The summed E-state index contributed by atoms with van der Waals surface area (Å²) < 4.78 is 16.2. The minimum atomic E-state index is -0.572. The zero-order chi connectivity index (χ0) is 28.6. The van der Waals surface area contributed by atoms with Crippen molar-refractivity contribution in [1.29, 1.82) is 0 Å². The molecule has 218 valence electrons. The van der Waals surface area contributed by atoms with Crippen LogP contribution in [0.3, 0.4) is 0 Å². The molecular formula is C29H46N4O6. The van der Waals surface area contributed by atoms with Crippen molar-refractivity contribution in [2.75, 3.05) is 26.2 Å². The van der Waals surface area contributed by atoms with Crippen molar-refractivity contribution < 1.29 is 28.6 Å². The van der Waals surface area contributed by atoms with E-state index in [1.165, 1.54) is 0 Å². The molecule has 1 aromatic rings. The molecule has 1 aromatic carbocycles. The summed E-state index contributed by atoms with van der Waals surface area (Å²) >= 11 is 0. The van der Waals surface area contributed by atoms with E-state index in [-0.39, 0.29) is 24.5 Å². The Balaban J connectivity index is 1.51. The van der Waals surface area contributed by atoms with E-state index in [9.17, 15) is 14.4 Å². The van der Waals surface area contributed by atoms with Crippen molar-refractivity contribution in [3.05, 3.63) is 35.9 Å². The molecule has 3 N–H and O–H groups in total. The maximum absolute atomic E-state index is 12.3. The Bertz CT molecular complexity index is 919. The molecule has 1 saturated heterocycles. The summed E-state index contributed by atoms with van der Waals surface area (Å²) in [5.74, 6) is 0.269. The SMILES string of the molecule is CC(C)(C)OC(=O)NC[C@@H]1CN([C@@H]2CC[C@H](NC(=O)OCc3ccccc3)C2)C[C@@H]1CNC(=O)OC(C)(C)C. The van der Waals surface area contributed by atoms with E-state index in [1.807, 2.05) is 71.9 Å². The van der Waals surface area contributed by atoms with Crippen molar-refractivity contribution in [2.24, 2.45) is 11.8 Å². The fourth-order valence-electron chi connectivity index (χ4n) is 5.14. The number of carbonyl (C=O) groups is 3. The van der Waals surface area contributed by atoms with Gasteiger partial charge in [0.2, 0.25) is 0 Å². The van der Waals surface area contributed by atoms with Crippen molar-refractivity contribution in [1.82, 2.24) is 20.9 Å². The van der Waals surface area contributed by atoms with Gasteiger partial charge in [-0.3, -0.25) is 4.90 Å². The highest BCUT2D eigenvalue weighted by molar-refractivity contribution is 5.68. The van der Waals surface area contributed by atoms with Gasteiger partial charge in [0.15, 0.2) is 0 Å². The van der Waals surface area contributed by atoms with Gasteiger partial charge in [-0.25, -0.2) is 14.4 Å². The molecule has 3 rings (SSSR count). The monoisotopic (exact) mass is 546 g/mol. The van der Waals surface area contributed by atoms with Crippen LogP contribution in [-0.2, 0) is 20.8 Å². The third-order valence-corrected chi connectivity index (χ3v) is 6.88. The highest BCUT2D eigenvalue weighted by Gasteiger charge is 2.39. The summed E-state index contributed by atoms with van der Waals surface area (Å²) in [5, 5.41) is 8.82. The van der Waals surface area contributed by atoms with Gasteiger partial charge in [0.1, 0.15) is 17.8 Å². The largest absolute Gasteiger partial charge is 0.445 e. The molecule has 0 spiro atoms. The van der Waals surface area contributed by atoms with Crippen LogP contribution in [0, 0.1) is 11.8 Å². The molecule has 4 atom stereocenters. The molecule has 3 amide bonds. The van der Waals surface area contributed by atoms with Crippen molar-refractivity contribution in [2.45, 2.75) is 90.7 Å². The average molecular weight is 547 g/mol. The zero-order valence-electron chi connectivity index (χ0n) is 24.2. The number of rotatable bonds is 8. The van der Waals surface area contributed by atoms with Crippen molar-refractivity contribution in [3.63, 3.8) is 0 Å². The lowest BCUT2D eigenvalue weighted by atomic mass is 9.96. The van der Waals surface area contributed by atoms with Crippen LogP contribution < -0.4 is 16.0 Å². The molecule has 1 aliphatic heterocycles. The minimum absolute atomic E-state index is 0.0514. The second-order valence-corrected chi connectivity index (χ2v) is 12.6. The molecule has 1 aliphatic carbocycles. The standard InChI is InChI=1S/C29H46N4O6/c1-28(2,3)38-25(34)30-15-21-17-33(18-22(21)16-31-26(35)39-29(4,5)6)24-13-12-23(14-24)32-27(36)37-19-20-10-8-7-9-11-20/h7-11,21-24H,12-19H2,1-6H3,(H,30,34)(H,31,35)(H,32,36)/t21-,22+,23-,24+/m0/s1. The molecule has 1 heterocycles. The van der Waals surface area contributed by atoms with Gasteiger partial charge in [0, 0.05) is 38.3 Å². The Morgan fingerprint density at radius 1 is 0.821 bits per heavy atom. The Kier molecular flexibility index (Phi) is 10.5. The number of benzene rings is 1. The van der Waals surface area contributed by atoms with Crippen molar-refractivity contribution in [3.8, 4) is 0 Å². The number of nitrogens with zero attached hydrogens (tertiary/aromatic N) is 1. The average Bonchev–Trinajstić information content (AvgIpc) is 3.45. The Labute approximate surface area is 232 Å². The summed E-state index contributed by atoms with van der Waals surface area (Å²) in [7, 11) is 0. The van der Waals surface area contributed by atoms with E-state index >= 15 is 0 Å². The van der Waals surface area contributed by atoms with Crippen molar-refractivity contribution >= 4 is 18.3 Å². The molecular weight excluding hydrogens is 500 g/mol. The molecule has 0 radical (unpaired) electrons. The number of hydrogen-bond acceptors (Lipinski definition) is 7. The first-order valence-corrected chi connectivity index (χ1v) is 13.9. The number of alkyl carbamates (subject to hydrolysis) is 3. The van der Waals surface area contributed by atoms with Crippen LogP contribution in [0.1, 0.15) is 66.4 Å². The smallest absolute Gasteiger partial charge is 0.407 e. The highest BCUT2D eigenvalue weighted by atomic mass is 16.6. The van der Waals surface area contributed by atoms with Gasteiger partial charge in [-0.05, 0) is 78.2 Å². The molecule has 10 nitrogen and oxygen atoms in total. The van der Waals surface area contributed by atoms with E-state index < -0.39 is 29.5 Å². The number of ether oxygens (including phenoxy) is 3. The van der Waals surface area contributed by atoms with Crippen LogP contribution in [0.15, 0.2) is 30.3 Å². The highest BCUT2D eigenvalue weighted by Crippen LogP contribution is 2.32. The first-order chi connectivity index (χ1) is 18.3. The third kappa shape index (κ3) is 10.9. The zero-order valence-corrected chi connectivity index (χ0v) is 24.2. The summed E-state index contributed by atoms with van der Waals surface area (Å²) in [6.07, 6.45) is 1.38. The summed E-state index contributed by atoms with van der Waals surface area (Å²) in [6.45, 7) is 13.7. The molecule has 0 aromatic heterocycles. The molecule has 0 bridgehead atoms. The van der Waals surface area contributed by atoms with E-state index in [2.05, 4.69) is 20.9 Å². The topological polar surface area (TPSA) is 118 Å². The van der Waals surface area contributed by atoms with Gasteiger partial charge in [0.25, 0.3) is 0 Å². The first-order valence-electron chi connectivity index (χ1n) is 13.9. The number of amides is 3. The van der Waals surface area contributed by atoms with Gasteiger partial charge in [-0.2, -0.15) is 0 Å². The molecule has 1 saturated carbocycles. The van der Waals surface area contributed by atoms with Gasteiger partial charge in [0.05, 0.1) is 0 Å². The maximum Gasteiger partial charge on any atom is 0.407 e. The van der Waals surface area contributed by atoms with Crippen LogP contribution >= 0.6 is 0 Å². The minimum Gasteiger partial charge on any atom is -0.445 e. The lowest BCUT2D eigenvalue weighted by molar-refractivity contribution is 0.0491. The van der Waals surface area contributed by atoms with Crippen LogP contribution in [-0.4, -0.2) is 72.6 Å². The van der Waals surface area contributed by atoms with Crippen LogP contribution in [0.2, 0.25) is 0 Å². The van der Waals surface area contributed by atoms with E-state index in [1.54, 1.807) is 0 Å². The van der Waals surface area contributed by atoms with E-state index in [0.29, 0.717) is 19.1 Å². The van der Waals surface area contributed by atoms with Gasteiger partial charge in [-0.15, -0.1) is 0 Å². The lowest BCUT2D eigenvalue weighted by Gasteiger charge is -2.24. The lowest BCUT2D eigenvalue weighted by Crippen LogP contribution is -2.40. The molecule has 10 heteroatoms. The van der Waals surface area contributed by atoms with Crippen LogP contribution in [0.4, 0.5) is 14.4 Å². The fraction of sp³-hybridized carbons (Fsp3) is 0.690. The predicted molar refractivity (Wildman–Crippen MR) is 148 cm³/mol. The Morgan fingerprint density at radius 3 is 1.87 bits per heavy atom. The third-order valence-electron chi connectivity index (χ3n) is 6.88. The predicted octanol–water partition coefficient (Wildman–Crippen LogP) is 4.43. The summed E-state index contributed by atoms with van der Waals surface area (Å²) in [4.78, 5) is 39.3. The summed E-state index contributed by atoms with van der Waals surface area (Å²) in [5.41, 5.74) is -0.194. The van der Waals surface area contributed by atoms with Gasteiger partial charge in [-0.1, -0.05) is 30.3 Å². The van der Waals surface area contributed by atoms with E-state index in [0.717, 1.165) is 37.9 Å². The van der Waals surface area contributed by atoms with Gasteiger partial charge >= 0.3 is 18.3 Å². The number of nitrogens with one attached hydrogen (secondary N) is 3. The Morgan fingerprint density at radius 2 is 1.36 bits per heavy atom. The van der Waals surface area contributed by atoms with Crippen LogP contribution in [0.25, 0.3) is 0 Å². The second kappa shape index (κ2) is 13.4. The second-order valence-electron chi connectivity index (χ2n) is 12.6. The number of carbonyl (C=O) groups excluding carboxylic acids is 3. The summed E-state index contributed by atoms with van der Waals surface area (Å²) in [6, 6.07) is 9.97.